The van der Waals surface area contributed by atoms with Crippen molar-refractivity contribution in [1.82, 2.24) is 0 Å². The topological polar surface area (TPSA) is 74.6 Å². The van der Waals surface area contributed by atoms with E-state index in [9.17, 15) is 13.5 Å². The molecule has 4 nitrogen and oxygen atoms in total. The molecule has 0 aromatic carbocycles. The maximum absolute atomic E-state index is 10.5. The van der Waals surface area contributed by atoms with Crippen molar-refractivity contribution >= 4 is 10.1 Å². The van der Waals surface area contributed by atoms with Crippen molar-refractivity contribution in [2.45, 2.75) is 97.0 Å². The molecule has 142 valence electrons. The molecule has 0 aromatic heterocycles. The number of unbranched alkanes of at least 4 members (excludes halogenated alkanes) is 10. The molecule has 0 amide bonds. The molecule has 0 saturated heterocycles. The zero-order valence-corrected chi connectivity index (χ0v) is 16.3. The van der Waals surface area contributed by atoms with Gasteiger partial charge in [-0.2, -0.15) is 8.42 Å². The van der Waals surface area contributed by atoms with Crippen molar-refractivity contribution in [2.75, 3.05) is 5.75 Å². The molecule has 0 unspecified atom stereocenters. The SMILES string of the molecule is CC(C)C[C@H](O)C#CCCCCCCCCCCCCS(=O)(=O)O. The third-order valence-corrected chi connectivity index (χ3v) is 4.72. The normalized spacial score (nSPS) is 12.9. The second kappa shape index (κ2) is 14.7. The van der Waals surface area contributed by atoms with Gasteiger partial charge >= 0.3 is 0 Å². The van der Waals surface area contributed by atoms with Gasteiger partial charge in [0.15, 0.2) is 0 Å². The lowest BCUT2D eigenvalue weighted by atomic mass is 10.1. The smallest absolute Gasteiger partial charge is 0.264 e. The second-order valence-corrected chi connectivity index (χ2v) is 8.61. The van der Waals surface area contributed by atoms with Crippen LogP contribution in [0.2, 0.25) is 0 Å². The Hall–Kier alpha value is -0.570. The summed E-state index contributed by atoms with van der Waals surface area (Å²) < 4.78 is 29.7. The predicted molar refractivity (Wildman–Crippen MR) is 100 cm³/mol. The first-order valence-electron chi connectivity index (χ1n) is 9.43. The van der Waals surface area contributed by atoms with E-state index in [-0.39, 0.29) is 5.75 Å². The van der Waals surface area contributed by atoms with Crippen LogP contribution >= 0.6 is 0 Å². The van der Waals surface area contributed by atoms with Crippen molar-refractivity contribution < 1.29 is 18.1 Å². The summed E-state index contributed by atoms with van der Waals surface area (Å²) in [6.07, 6.45) is 12.0. The van der Waals surface area contributed by atoms with Crippen LogP contribution in [0.1, 0.15) is 90.9 Å². The Kier molecular flexibility index (Phi) is 14.4. The summed E-state index contributed by atoms with van der Waals surface area (Å²) in [7, 11) is -3.77. The van der Waals surface area contributed by atoms with E-state index in [0.717, 1.165) is 38.5 Å². The summed E-state index contributed by atoms with van der Waals surface area (Å²) in [6, 6.07) is 0. The Morgan fingerprint density at radius 1 is 0.833 bits per heavy atom. The van der Waals surface area contributed by atoms with E-state index in [1.807, 2.05) is 0 Å². The van der Waals surface area contributed by atoms with Gasteiger partial charge in [-0.25, -0.2) is 0 Å². The van der Waals surface area contributed by atoms with E-state index in [1.165, 1.54) is 32.1 Å². The first kappa shape index (κ1) is 23.4. The van der Waals surface area contributed by atoms with Crippen LogP contribution in [-0.2, 0) is 10.1 Å². The largest absolute Gasteiger partial charge is 0.380 e. The maximum Gasteiger partial charge on any atom is 0.264 e. The Bertz CT molecular complexity index is 446. The van der Waals surface area contributed by atoms with E-state index in [0.29, 0.717) is 12.3 Å². The van der Waals surface area contributed by atoms with Gasteiger partial charge in [0.05, 0.1) is 5.75 Å². The molecule has 0 spiro atoms. The van der Waals surface area contributed by atoms with Gasteiger partial charge in [-0.05, 0) is 25.2 Å². The fourth-order valence-corrected chi connectivity index (χ4v) is 3.18. The van der Waals surface area contributed by atoms with Gasteiger partial charge in [0.1, 0.15) is 6.10 Å². The van der Waals surface area contributed by atoms with Crippen molar-refractivity contribution in [3.05, 3.63) is 0 Å². The highest BCUT2D eigenvalue weighted by Crippen LogP contribution is 2.11. The lowest BCUT2D eigenvalue weighted by Crippen LogP contribution is -2.06. The van der Waals surface area contributed by atoms with E-state index in [2.05, 4.69) is 25.7 Å². The summed E-state index contributed by atoms with van der Waals surface area (Å²) in [5, 5.41) is 9.62. The zero-order chi connectivity index (χ0) is 18.3. The average Bonchev–Trinajstić information content (AvgIpc) is 2.45. The molecule has 0 saturated carbocycles. The van der Waals surface area contributed by atoms with Crippen molar-refractivity contribution in [3.63, 3.8) is 0 Å². The molecular weight excluding hydrogens is 324 g/mol. The highest BCUT2D eigenvalue weighted by Gasteiger charge is 2.03. The number of rotatable bonds is 14. The van der Waals surface area contributed by atoms with E-state index >= 15 is 0 Å². The van der Waals surface area contributed by atoms with Crippen molar-refractivity contribution in [3.8, 4) is 11.8 Å². The summed E-state index contributed by atoms with van der Waals surface area (Å²) in [5.41, 5.74) is 0. The van der Waals surface area contributed by atoms with Crippen LogP contribution < -0.4 is 0 Å². The van der Waals surface area contributed by atoms with E-state index in [1.54, 1.807) is 0 Å². The van der Waals surface area contributed by atoms with Crippen molar-refractivity contribution in [2.24, 2.45) is 5.92 Å². The number of hydrogen-bond donors (Lipinski definition) is 2. The van der Waals surface area contributed by atoms with Crippen molar-refractivity contribution in [1.29, 1.82) is 0 Å². The first-order chi connectivity index (χ1) is 11.3. The fourth-order valence-electron chi connectivity index (χ4n) is 2.61. The molecule has 0 aliphatic heterocycles. The molecule has 0 aromatic rings. The predicted octanol–water partition coefficient (Wildman–Crippen LogP) is 4.58. The molecule has 0 aliphatic carbocycles. The van der Waals surface area contributed by atoms with Gasteiger partial charge in [-0.1, -0.05) is 71.1 Å². The summed E-state index contributed by atoms with van der Waals surface area (Å²) >= 11 is 0. The molecule has 0 fully saturated rings. The lowest BCUT2D eigenvalue weighted by molar-refractivity contribution is 0.204. The molecular formula is C19H36O4S. The highest BCUT2D eigenvalue weighted by atomic mass is 32.2. The van der Waals surface area contributed by atoms with Crippen LogP contribution in [0.25, 0.3) is 0 Å². The third-order valence-electron chi connectivity index (χ3n) is 3.92. The van der Waals surface area contributed by atoms with Crippen LogP contribution in [0.4, 0.5) is 0 Å². The zero-order valence-electron chi connectivity index (χ0n) is 15.5. The van der Waals surface area contributed by atoms with Crippen LogP contribution in [0.3, 0.4) is 0 Å². The quantitative estimate of drug-likeness (QED) is 0.270. The fraction of sp³-hybridized carbons (Fsp3) is 0.895. The Balaban J connectivity index is 3.27. The minimum atomic E-state index is -3.77. The molecule has 0 heterocycles. The van der Waals surface area contributed by atoms with Gasteiger partial charge in [0.2, 0.25) is 0 Å². The van der Waals surface area contributed by atoms with E-state index in [4.69, 9.17) is 4.55 Å². The number of hydrogen-bond acceptors (Lipinski definition) is 3. The molecule has 0 radical (unpaired) electrons. The molecule has 0 bridgehead atoms. The Morgan fingerprint density at radius 2 is 1.29 bits per heavy atom. The van der Waals surface area contributed by atoms with Crippen LogP contribution in [0.15, 0.2) is 0 Å². The van der Waals surface area contributed by atoms with Crippen LogP contribution in [0.5, 0.6) is 0 Å². The summed E-state index contributed by atoms with van der Waals surface area (Å²) in [5.74, 6) is 6.36. The standard InChI is InChI=1S/C19H36O4S/c1-18(2)17-19(20)15-13-11-9-7-5-3-4-6-8-10-12-14-16-24(21,22)23/h18-20H,3-12,14,16-17H2,1-2H3,(H,21,22,23)/t19-/m1/s1. The maximum atomic E-state index is 10.5. The van der Waals surface area contributed by atoms with E-state index < -0.39 is 16.2 Å². The molecule has 0 rings (SSSR count). The van der Waals surface area contributed by atoms with Gasteiger partial charge in [0, 0.05) is 6.42 Å². The molecule has 5 heteroatoms. The monoisotopic (exact) mass is 360 g/mol. The first-order valence-corrected chi connectivity index (χ1v) is 11.0. The Morgan fingerprint density at radius 3 is 1.75 bits per heavy atom. The molecule has 2 N–H and O–H groups in total. The molecule has 0 aliphatic rings. The minimum Gasteiger partial charge on any atom is -0.380 e. The average molecular weight is 361 g/mol. The van der Waals surface area contributed by atoms with Crippen LogP contribution in [0, 0.1) is 17.8 Å². The summed E-state index contributed by atoms with van der Waals surface area (Å²) in [4.78, 5) is 0. The Labute approximate surface area is 149 Å². The summed E-state index contributed by atoms with van der Waals surface area (Å²) in [6.45, 7) is 4.18. The van der Waals surface area contributed by atoms with Gasteiger partial charge in [-0.3, -0.25) is 4.55 Å². The second-order valence-electron chi connectivity index (χ2n) is 7.04. The minimum absolute atomic E-state index is 0.107. The number of aliphatic hydroxyl groups is 1. The lowest BCUT2D eigenvalue weighted by Gasteiger charge is -2.05. The molecule has 24 heavy (non-hydrogen) atoms. The third kappa shape index (κ3) is 19.5. The van der Waals surface area contributed by atoms with Crippen LogP contribution in [-0.4, -0.2) is 29.9 Å². The molecule has 1 atom stereocenters. The van der Waals surface area contributed by atoms with Gasteiger partial charge in [0.25, 0.3) is 10.1 Å². The van der Waals surface area contributed by atoms with Gasteiger partial charge < -0.3 is 5.11 Å². The number of aliphatic hydroxyl groups excluding tert-OH is 1. The van der Waals surface area contributed by atoms with Gasteiger partial charge in [-0.15, -0.1) is 5.92 Å². The highest BCUT2D eigenvalue weighted by molar-refractivity contribution is 7.85.